The maximum atomic E-state index is 13.1. The van der Waals surface area contributed by atoms with E-state index >= 15 is 0 Å². The molecule has 88 valence electrons. The van der Waals surface area contributed by atoms with Crippen molar-refractivity contribution < 1.29 is 4.39 Å². The lowest BCUT2D eigenvalue weighted by Gasteiger charge is -2.30. The van der Waals surface area contributed by atoms with Crippen LogP contribution in [-0.2, 0) is 6.54 Å². The summed E-state index contributed by atoms with van der Waals surface area (Å²) in [5, 5.41) is 0. The lowest BCUT2D eigenvalue weighted by Crippen LogP contribution is -2.42. The summed E-state index contributed by atoms with van der Waals surface area (Å²) < 4.78 is 13.1. The maximum Gasteiger partial charge on any atom is 0.126 e. The van der Waals surface area contributed by atoms with Crippen molar-refractivity contribution in [1.29, 1.82) is 0 Å². The topological polar surface area (TPSA) is 29.3 Å². The van der Waals surface area contributed by atoms with Gasteiger partial charge < -0.3 is 5.73 Å². The molecule has 1 saturated heterocycles. The standard InChI is InChI=1S/C13H19FN2/c1-10-7-11(4-5-13(10)14)8-16-6-2-3-12(15)9-16/h4-5,7,12H,2-3,6,8-9,15H2,1H3. The summed E-state index contributed by atoms with van der Waals surface area (Å²) in [7, 11) is 0. The van der Waals surface area contributed by atoms with Crippen LogP contribution in [0.3, 0.4) is 0 Å². The van der Waals surface area contributed by atoms with E-state index in [4.69, 9.17) is 5.73 Å². The van der Waals surface area contributed by atoms with Gasteiger partial charge in [-0.2, -0.15) is 0 Å². The van der Waals surface area contributed by atoms with Gasteiger partial charge in [0.15, 0.2) is 0 Å². The molecule has 0 bridgehead atoms. The van der Waals surface area contributed by atoms with Crippen LogP contribution in [0.25, 0.3) is 0 Å². The van der Waals surface area contributed by atoms with Crippen molar-refractivity contribution in [3.05, 3.63) is 35.1 Å². The van der Waals surface area contributed by atoms with Gasteiger partial charge in [-0.3, -0.25) is 4.90 Å². The number of hydrogen-bond acceptors (Lipinski definition) is 2. The fraction of sp³-hybridized carbons (Fsp3) is 0.538. The molecule has 1 fully saturated rings. The van der Waals surface area contributed by atoms with Crippen LogP contribution in [0.2, 0.25) is 0 Å². The predicted molar refractivity (Wildman–Crippen MR) is 63.6 cm³/mol. The number of rotatable bonds is 2. The molecule has 1 aliphatic rings. The van der Waals surface area contributed by atoms with Crippen LogP contribution in [-0.4, -0.2) is 24.0 Å². The Labute approximate surface area is 96.2 Å². The molecule has 1 heterocycles. The first kappa shape index (κ1) is 11.6. The van der Waals surface area contributed by atoms with Crippen molar-refractivity contribution in [2.75, 3.05) is 13.1 Å². The molecular formula is C13H19FN2. The normalized spacial score (nSPS) is 22.3. The molecular weight excluding hydrogens is 203 g/mol. The average Bonchev–Trinajstić information content (AvgIpc) is 2.24. The third-order valence-corrected chi connectivity index (χ3v) is 3.17. The second-order valence-electron chi connectivity index (χ2n) is 4.72. The molecule has 0 radical (unpaired) electrons. The van der Waals surface area contributed by atoms with E-state index in [2.05, 4.69) is 4.90 Å². The van der Waals surface area contributed by atoms with Crippen LogP contribution in [0.4, 0.5) is 4.39 Å². The molecule has 3 heteroatoms. The van der Waals surface area contributed by atoms with Gasteiger partial charge in [-0.1, -0.05) is 12.1 Å². The largest absolute Gasteiger partial charge is 0.327 e. The number of benzene rings is 1. The van der Waals surface area contributed by atoms with Crippen molar-refractivity contribution in [3.8, 4) is 0 Å². The van der Waals surface area contributed by atoms with Gasteiger partial charge in [0.2, 0.25) is 0 Å². The number of aryl methyl sites for hydroxylation is 1. The van der Waals surface area contributed by atoms with Crippen LogP contribution in [0.1, 0.15) is 24.0 Å². The molecule has 0 saturated carbocycles. The summed E-state index contributed by atoms with van der Waals surface area (Å²) in [5.74, 6) is -0.126. The van der Waals surface area contributed by atoms with E-state index in [1.807, 2.05) is 12.1 Å². The zero-order chi connectivity index (χ0) is 11.5. The van der Waals surface area contributed by atoms with Crippen LogP contribution >= 0.6 is 0 Å². The average molecular weight is 222 g/mol. The molecule has 2 rings (SSSR count). The molecule has 1 aromatic carbocycles. The molecule has 2 nitrogen and oxygen atoms in total. The maximum absolute atomic E-state index is 13.1. The first-order chi connectivity index (χ1) is 7.65. The van der Waals surface area contributed by atoms with Gasteiger partial charge in [0.05, 0.1) is 0 Å². The highest BCUT2D eigenvalue weighted by atomic mass is 19.1. The van der Waals surface area contributed by atoms with Gasteiger partial charge in [0.1, 0.15) is 5.82 Å². The quantitative estimate of drug-likeness (QED) is 0.830. The van der Waals surface area contributed by atoms with Crippen LogP contribution in [0.5, 0.6) is 0 Å². The Hall–Kier alpha value is -0.930. The lowest BCUT2D eigenvalue weighted by atomic mass is 10.1. The second kappa shape index (κ2) is 4.93. The van der Waals surface area contributed by atoms with Crippen molar-refractivity contribution >= 4 is 0 Å². The fourth-order valence-electron chi connectivity index (χ4n) is 2.30. The summed E-state index contributed by atoms with van der Waals surface area (Å²) in [6.07, 6.45) is 2.29. The number of hydrogen-bond donors (Lipinski definition) is 1. The fourth-order valence-corrected chi connectivity index (χ4v) is 2.30. The molecule has 2 N–H and O–H groups in total. The molecule has 0 aliphatic carbocycles. The highest BCUT2D eigenvalue weighted by Gasteiger charge is 2.16. The monoisotopic (exact) mass is 222 g/mol. The van der Waals surface area contributed by atoms with E-state index in [-0.39, 0.29) is 5.82 Å². The molecule has 0 aromatic heterocycles. The molecule has 1 aromatic rings. The van der Waals surface area contributed by atoms with E-state index in [9.17, 15) is 4.39 Å². The van der Waals surface area contributed by atoms with Crippen LogP contribution in [0.15, 0.2) is 18.2 Å². The molecule has 0 spiro atoms. The van der Waals surface area contributed by atoms with E-state index < -0.39 is 0 Å². The van der Waals surface area contributed by atoms with Crippen molar-refractivity contribution in [2.45, 2.75) is 32.4 Å². The van der Waals surface area contributed by atoms with Gasteiger partial charge in [-0.05, 0) is 43.5 Å². The molecule has 0 amide bonds. The predicted octanol–water partition coefficient (Wildman–Crippen LogP) is 2.06. The summed E-state index contributed by atoms with van der Waals surface area (Å²) >= 11 is 0. The Morgan fingerprint density at radius 1 is 1.50 bits per heavy atom. The minimum atomic E-state index is -0.126. The zero-order valence-electron chi connectivity index (χ0n) is 9.75. The highest BCUT2D eigenvalue weighted by Crippen LogP contribution is 2.15. The van der Waals surface area contributed by atoms with E-state index in [1.165, 1.54) is 12.0 Å². The Kier molecular flexibility index (Phi) is 3.56. The van der Waals surface area contributed by atoms with Crippen molar-refractivity contribution in [2.24, 2.45) is 5.73 Å². The van der Waals surface area contributed by atoms with Crippen LogP contribution in [0, 0.1) is 12.7 Å². The Morgan fingerprint density at radius 2 is 2.31 bits per heavy atom. The molecule has 1 unspecified atom stereocenters. The van der Waals surface area contributed by atoms with Crippen molar-refractivity contribution in [1.82, 2.24) is 4.90 Å². The SMILES string of the molecule is Cc1cc(CN2CCCC(N)C2)ccc1F. The number of likely N-dealkylation sites (tertiary alicyclic amines) is 1. The van der Waals surface area contributed by atoms with Gasteiger partial charge in [0, 0.05) is 19.1 Å². The lowest BCUT2D eigenvalue weighted by molar-refractivity contribution is 0.201. The van der Waals surface area contributed by atoms with Crippen molar-refractivity contribution in [3.63, 3.8) is 0 Å². The zero-order valence-corrected chi connectivity index (χ0v) is 9.75. The van der Waals surface area contributed by atoms with E-state index in [1.54, 1.807) is 13.0 Å². The smallest absolute Gasteiger partial charge is 0.126 e. The summed E-state index contributed by atoms with van der Waals surface area (Å²) in [6, 6.07) is 5.64. The Morgan fingerprint density at radius 3 is 3.00 bits per heavy atom. The van der Waals surface area contributed by atoms with E-state index in [0.717, 1.165) is 31.6 Å². The van der Waals surface area contributed by atoms with Gasteiger partial charge >= 0.3 is 0 Å². The van der Waals surface area contributed by atoms with Gasteiger partial charge in [0.25, 0.3) is 0 Å². The summed E-state index contributed by atoms with van der Waals surface area (Å²) in [6.45, 7) is 4.75. The molecule has 16 heavy (non-hydrogen) atoms. The first-order valence-electron chi connectivity index (χ1n) is 5.88. The Balaban J connectivity index is 2.00. The van der Waals surface area contributed by atoms with Gasteiger partial charge in [-0.15, -0.1) is 0 Å². The second-order valence-corrected chi connectivity index (χ2v) is 4.72. The number of nitrogens with zero attached hydrogens (tertiary/aromatic N) is 1. The molecule has 1 aliphatic heterocycles. The number of piperidine rings is 1. The van der Waals surface area contributed by atoms with Gasteiger partial charge in [-0.25, -0.2) is 4.39 Å². The number of halogens is 1. The number of nitrogens with two attached hydrogens (primary N) is 1. The first-order valence-corrected chi connectivity index (χ1v) is 5.88. The third kappa shape index (κ3) is 2.80. The third-order valence-electron chi connectivity index (χ3n) is 3.17. The Bertz CT molecular complexity index is 365. The van der Waals surface area contributed by atoms with E-state index in [0.29, 0.717) is 6.04 Å². The minimum absolute atomic E-state index is 0.126. The van der Waals surface area contributed by atoms with Crippen LogP contribution < -0.4 is 5.73 Å². The minimum Gasteiger partial charge on any atom is -0.327 e. The molecule has 1 atom stereocenters. The highest BCUT2D eigenvalue weighted by molar-refractivity contribution is 5.23. The summed E-state index contributed by atoms with van der Waals surface area (Å²) in [5.41, 5.74) is 7.83. The summed E-state index contributed by atoms with van der Waals surface area (Å²) in [4.78, 5) is 2.35.